The minimum atomic E-state index is -0.393. The normalized spacial score (nSPS) is 14.5. The van der Waals surface area contributed by atoms with E-state index >= 15 is 0 Å². The van der Waals surface area contributed by atoms with E-state index in [0.29, 0.717) is 26.3 Å². The van der Waals surface area contributed by atoms with E-state index in [1.54, 1.807) is 6.92 Å². The number of aromatic nitrogens is 2. The van der Waals surface area contributed by atoms with Crippen molar-refractivity contribution in [2.75, 3.05) is 5.32 Å². The first-order chi connectivity index (χ1) is 15.3. The second kappa shape index (κ2) is 9.24. The third kappa shape index (κ3) is 4.60. The Morgan fingerprint density at radius 1 is 1.16 bits per heavy atom. The van der Waals surface area contributed by atoms with E-state index in [1.165, 1.54) is 28.7 Å². The van der Waals surface area contributed by atoms with Crippen molar-refractivity contribution in [2.45, 2.75) is 65.5 Å². The second-order valence-electron chi connectivity index (χ2n) is 8.43. The van der Waals surface area contributed by atoms with Crippen molar-refractivity contribution in [1.29, 1.82) is 0 Å². The molecule has 0 spiro atoms. The molecule has 1 saturated carbocycles. The maximum absolute atomic E-state index is 13.1. The molecule has 1 N–H and O–H groups in total. The van der Waals surface area contributed by atoms with E-state index in [-0.39, 0.29) is 24.1 Å². The number of nitrogens with zero attached hydrogens (tertiary/aromatic N) is 2. The number of esters is 1. The maximum Gasteiger partial charge on any atom is 0.348 e. The highest BCUT2D eigenvalue weighted by Crippen LogP contribution is 2.29. The lowest BCUT2D eigenvalue weighted by Crippen LogP contribution is -2.28. The summed E-state index contributed by atoms with van der Waals surface area (Å²) in [5.41, 5.74) is 3.12. The Morgan fingerprint density at radius 2 is 1.91 bits per heavy atom. The van der Waals surface area contributed by atoms with Crippen LogP contribution in [0.25, 0.3) is 10.2 Å². The molecule has 2 aromatic heterocycles. The minimum Gasteiger partial charge on any atom is -0.458 e. The smallest absolute Gasteiger partial charge is 0.348 e. The van der Waals surface area contributed by atoms with Gasteiger partial charge in [0.1, 0.15) is 22.4 Å². The third-order valence-corrected chi connectivity index (χ3v) is 7.21. The molecule has 7 nitrogen and oxygen atoms in total. The fraction of sp³-hybridized carbons (Fsp3) is 0.417. The van der Waals surface area contributed by atoms with Gasteiger partial charge >= 0.3 is 5.97 Å². The average Bonchev–Trinajstić information content (AvgIpc) is 3.11. The largest absolute Gasteiger partial charge is 0.458 e. The lowest BCUT2D eigenvalue weighted by Gasteiger charge is -2.21. The molecule has 0 saturated heterocycles. The fourth-order valence-corrected chi connectivity index (χ4v) is 5.05. The first-order valence-electron chi connectivity index (χ1n) is 10.9. The number of thiophene rings is 1. The number of fused-ring (bicyclic) bond motifs is 1. The van der Waals surface area contributed by atoms with Gasteiger partial charge in [0.25, 0.3) is 5.56 Å². The molecule has 1 amide bonds. The van der Waals surface area contributed by atoms with Gasteiger partial charge in [0.2, 0.25) is 5.91 Å². The number of anilines is 1. The van der Waals surface area contributed by atoms with Crippen molar-refractivity contribution in [3.8, 4) is 0 Å². The van der Waals surface area contributed by atoms with Crippen molar-refractivity contribution >= 4 is 39.1 Å². The van der Waals surface area contributed by atoms with E-state index in [0.717, 1.165) is 36.8 Å². The SMILES string of the molecule is Cc1ccc(NC(=O)Cn2cnc3sc(C(=O)OC4CCCCC4)c(C)c3c2=O)cc1C. The number of carbonyl (C=O) groups excluding carboxylic acids is 2. The molecular weight excluding hydrogens is 426 g/mol. The number of amides is 1. The van der Waals surface area contributed by atoms with Crippen LogP contribution in [0.4, 0.5) is 5.69 Å². The van der Waals surface area contributed by atoms with Gasteiger partial charge in [0, 0.05) is 5.69 Å². The molecule has 0 aliphatic heterocycles. The van der Waals surface area contributed by atoms with Crippen LogP contribution in [0.5, 0.6) is 0 Å². The lowest BCUT2D eigenvalue weighted by molar-refractivity contribution is -0.116. The fourth-order valence-electron chi connectivity index (χ4n) is 4.03. The summed E-state index contributed by atoms with van der Waals surface area (Å²) in [6.45, 7) is 5.55. The van der Waals surface area contributed by atoms with Crippen LogP contribution in [-0.4, -0.2) is 27.5 Å². The molecule has 2 heterocycles. The highest BCUT2D eigenvalue weighted by Gasteiger charge is 2.24. The van der Waals surface area contributed by atoms with Gasteiger partial charge in [-0.15, -0.1) is 11.3 Å². The molecule has 0 unspecified atom stereocenters. The number of nitrogens with one attached hydrogen (secondary N) is 1. The molecule has 0 atom stereocenters. The van der Waals surface area contributed by atoms with Gasteiger partial charge in [-0.25, -0.2) is 9.78 Å². The summed E-state index contributed by atoms with van der Waals surface area (Å²) in [6, 6.07) is 5.66. The van der Waals surface area contributed by atoms with Gasteiger partial charge in [-0.1, -0.05) is 12.5 Å². The maximum atomic E-state index is 13.1. The van der Waals surface area contributed by atoms with E-state index in [2.05, 4.69) is 10.3 Å². The Kier molecular flexibility index (Phi) is 6.41. The zero-order valence-corrected chi connectivity index (χ0v) is 19.4. The summed E-state index contributed by atoms with van der Waals surface area (Å²) in [4.78, 5) is 43.5. The van der Waals surface area contributed by atoms with Crippen molar-refractivity contribution in [3.63, 3.8) is 0 Å². The molecule has 3 aromatic rings. The summed E-state index contributed by atoms with van der Waals surface area (Å²) in [7, 11) is 0. The van der Waals surface area contributed by atoms with Gasteiger partial charge in [0.05, 0.1) is 11.7 Å². The van der Waals surface area contributed by atoms with Gasteiger partial charge < -0.3 is 10.1 Å². The standard InChI is InChI=1S/C24H27N3O4S/c1-14-9-10-17(11-15(14)2)26-19(28)12-27-13-25-22-20(23(27)29)16(3)21(32-22)24(30)31-18-7-5-4-6-8-18/h9-11,13,18H,4-8,12H2,1-3H3,(H,26,28). The summed E-state index contributed by atoms with van der Waals surface area (Å²) in [6.07, 6.45) is 6.39. The highest BCUT2D eigenvalue weighted by molar-refractivity contribution is 7.20. The number of benzene rings is 1. The van der Waals surface area contributed by atoms with Gasteiger partial charge in [-0.3, -0.25) is 14.2 Å². The Balaban J connectivity index is 1.53. The van der Waals surface area contributed by atoms with Gasteiger partial charge in [0.15, 0.2) is 0 Å². The highest BCUT2D eigenvalue weighted by atomic mass is 32.1. The molecule has 4 rings (SSSR count). The Morgan fingerprint density at radius 3 is 2.62 bits per heavy atom. The number of hydrogen-bond acceptors (Lipinski definition) is 6. The number of rotatable bonds is 5. The summed E-state index contributed by atoms with van der Waals surface area (Å²) >= 11 is 1.17. The van der Waals surface area contributed by atoms with Crippen molar-refractivity contribution < 1.29 is 14.3 Å². The topological polar surface area (TPSA) is 90.3 Å². The van der Waals surface area contributed by atoms with E-state index in [1.807, 2.05) is 32.0 Å². The summed E-state index contributed by atoms with van der Waals surface area (Å²) in [5, 5.41) is 3.19. The van der Waals surface area contributed by atoms with Crippen molar-refractivity contribution in [2.24, 2.45) is 0 Å². The molecule has 0 bridgehead atoms. The van der Waals surface area contributed by atoms with Crippen molar-refractivity contribution in [1.82, 2.24) is 9.55 Å². The first kappa shape index (κ1) is 22.2. The predicted octanol–water partition coefficient (Wildman–Crippen LogP) is 4.51. The molecule has 1 aliphatic rings. The third-order valence-electron chi connectivity index (χ3n) is 6.03. The summed E-state index contributed by atoms with van der Waals surface area (Å²) < 4.78 is 6.95. The number of aryl methyl sites for hydroxylation is 3. The summed E-state index contributed by atoms with van der Waals surface area (Å²) in [5.74, 6) is -0.711. The monoisotopic (exact) mass is 453 g/mol. The van der Waals surface area contributed by atoms with Gasteiger partial charge in [-0.2, -0.15) is 0 Å². The zero-order chi connectivity index (χ0) is 22.8. The first-order valence-corrected chi connectivity index (χ1v) is 11.7. The molecule has 168 valence electrons. The number of carbonyl (C=O) groups is 2. The number of hydrogen-bond donors (Lipinski definition) is 1. The van der Waals surface area contributed by atoms with Gasteiger partial charge in [-0.05, 0) is 75.3 Å². The van der Waals surface area contributed by atoms with Crippen LogP contribution in [-0.2, 0) is 16.1 Å². The quantitative estimate of drug-likeness (QED) is 0.574. The lowest BCUT2D eigenvalue weighted by atomic mass is 9.98. The van der Waals surface area contributed by atoms with Crippen LogP contribution in [0.3, 0.4) is 0 Å². The van der Waals surface area contributed by atoms with Crippen molar-refractivity contribution in [3.05, 3.63) is 56.4 Å². The molecule has 1 aromatic carbocycles. The predicted molar refractivity (Wildman–Crippen MR) is 125 cm³/mol. The van der Waals surface area contributed by atoms with Crippen LogP contribution >= 0.6 is 11.3 Å². The molecule has 1 aliphatic carbocycles. The van der Waals surface area contributed by atoms with E-state index in [9.17, 15) is 14.4 Å². The number of ether oxygens (including phenoxy) is 1. The van der Waals surface area contributed by atoms with Crippen LogP contribution < -0.4 is 10.9 Å². The average molecular weight is 454 g/mol. The van der Waals surface area contributed by atoms with E-state index in [4.69, 9.17) is 4.74 Å². The van der Waals surface area contributed by atoms with E-state index < -0.39 is 5.97 Å². The molecular formula is C24H27N3O4S. The molecule has 32 heavy (non-hydrogen) atoms. The minimum absolute atomic E-state index is 0.0559. The zero-order valence-electron chi connectivity index (χ0n) is 18.6. The second-order valence-corrected chi connectivity index (χ2v) is 9.43. The van der Waals surface area contributed by atoms with Crippen LogP contribution in [0.1, 0.15) is 58.5 Å². The van der Waals surface area contributed by atoms with Crippen LogP contribution in [0.15, 0.2) is 29.3 Å². The Bertz CT molecular complexity index is 1240. The van der Waals surface area contributed by atoms with Crippen LogP contribution in [0, 0.1) is 20.8 Å². The molecule has 0 radical (unpaired) electrons. The Labute approximate surface area is 190 Å². The molecule has 8 heteroatoms. The molecule has 1 fully saturated rings. The van der Waals surface area contributed by atoms with Crippen LogP contribution in [0.2, 0.25) is 0 Å². The Hall–Kier alpha value is -3.00.